The molecule has 6 heteroatoms. The van der Waals surface area contributed by atoms with E-state index in [1.54, 1.807) is 23.8 Å². The molecule has 100 valence electrons. The Kier molecular flexibility index (Phi) is 3.80. The van der Waals surface area contributed by atoms with Crippen LogP contribution in [0.2, 0.25) is 0 Å². The lowest BCUT2D eigenvalue weighted by Gasteiger charge is -2.03. The molecule has 2 heterocycles. The van der Waals surface area contributed by atoms with Gasteiger partial charge in [-0.25, -0.2) is 4.98 Å². The molecule has 0 bridgehead atoms. The molecule has 0 spiro atoms. The van der Waals surface area contributed by atoms with Crippen molar-refractivity contribution in [2.75, 3.05) is 0 Å². The van der Waals surface area contributed by atoms with Gasteiger partial charge in [-0.3, -0.25) is 9.59 Å². The highest BCUT2D eigenvalue weighted by molar-refractivity contribution is 7.11. The van der Waals surface area contributed by atoms with Gasteiger partial charge in [0.15, 0.2) is 0 Å². The Bertz CT molecular complexity index is 673. The van der Waals surface area contributed by atoms with Crippen LogP contribution in [0.3, 0.4) is 0 Å². The molecule has 0 aliphatic heterocycles. The number of carboxylic acid groups (broad SMARTS) is 1. The summed E-state index contributed by atoms with van der Waals surface area (Å²) in [6.07, 6.45) is 1.75. The molecule has 19 heavy (non-hydrogen) atoms. The minimum Gasteiger partial charge on any atom is -0.481 e. The Hall–Kier alpha value is -1.95. The maximum absolute atomic E-state index is 11.7. The summed E-state index contributed by atoms with van der Waals surface area (Å²) >= 11 is 1.35. The number of aliphatic carboxylic acids is 1. The molecule has 0 aromatic carbocycles. The van der Waals surface area contributed by atoms with Gasteiger partial charge in [0.2, 0.25) is 0 Å². The Morgan fingerprint density at radius 2 is 2.16 bits per heavy atom. The van der Waals surface area contributed by atoms with Crippen molar-refractivity contribution in [3.05, 3.63) is 49.8 Å². The highest BCUT2D eigenvalue weighted by atomic mass is 32.1. The summed E-state index contributed by atoms with van der Waals surface area (Å²) in [7, 11) is 0. The number of pyridine rings is 1. The number of nitrogens with zero attached hydrogens (tertiary/aromatic N) is 2. The van der Waals surface area contributed by atoms with E-state index in [4.69, 9.17) is 5.11 Å². The second kappa shape index (κ2) is 5.36. The fourth-order valence-corrected chi connectivity index (χ4v) is 2.84. The first-order chi connectivity index (χ1) is 8.95. The fourth-order valence-electron chi connectivity index (χ4n) is 1.78. The molecule has 0 saturated carbocycles. The third kappa shape index (κ3) is 3.29. The molecule has 0 aliphatic rings. The smallest absolute Gasteiger partial charge is 0.308 e. The van der Waals surface area contributed by atoms with Crippen LogP contribution < -0.4 is 5.56 Å². The Morgan fingerprint density at radius 3 is 2.84 bits per heavy atom. The summed E-state index contributed by atoms with van der Waals surface area (Å²) in [5.74, 6) is -0.869. The number of thiazole rings is 1. The third-order valence-corrected chi connectivity index (χ3v) is 3.83. The van der Waals surface area contributed by atoms with Gasteiger partial charge in [0.1, 0.15) is 5.01 Å². The molecule has 2 rings (SSSR count). The Labute approximate surface area is 114 Å². The van der Waals surface area contributed by atoms with Crippen LogP contribution >= 0.6 is 11.3 Å². The first-order valence-electron chi connectivity index (χ1n) is 5.80. The molecule has 0 aliphatic carbocycles. The minimum atomic E-state index is -0.869. The van der Waals surface area contributed by atoms with Gasteiger partial charge in [-0.2, -0.15) is 0 Å². The molecule has 5 nitrogen and oxygen atoms in total. The van der Waals surface area contributed by atoms with E-state index in [9.17, 15) is 9.59 Å². The first kappa shape index (κ1) is 13.5. The van der Waals surface area contributed by atoms with Crippen LogP contribution in [0, 0.1) is 13.8 Å². The van der Waals surface area contributed by atoms with Gasteiger partial charge >= 0.3 is 5.97 Å². The summed E-state index contributed by atoms with van der Waals surface area (Å²) in [6.45, 7) is 4.09. The lowest BCUT2D eigenvalue weighted by Crippen LogP contribution is -2.19. The summed E-state index contributed by atoms with van der Waals surface area (Å²) in [5.41, 5.74) is 1.64. The second-order valence-corrected chi connectivity index (χ2v) is 5.53. The number of carbonyl (C=O) groups is 1. The predicted molar refractivity (Wildman–Crippen MR) is 72.7 cm³/mol. The zero-order valence-electron chi connectivity index (χ0n) is 10.7. The average Bonchev–Trinajstić information content (AvgIpc) is 2.64. The predicted octanol–water partition coefficient (Wildman–Crippen LogP) is 1.60. The van der Waals surface area contributed by atoms with Crippen molar-refractivity contribution in [2.24, 2.45) is 0 Å². The molecular formula is C13H14N2O3S. The van der Waals surface area contributed by atoms with Crippen molar-refractivity contribution in [1.82, 2.24) is 9.55 Å². The van der Waals surface area contributed by atoms with E-state index in [0.29, 0.717) is 6.54 Å². The first-order valence-corrected chi connectivity index (χ1v) is 6.61. The van der Waals surface area contributed by atoms with Crippen molar-refractivity contribution in [2.45, 2.75) is 26.8 Å². The molecule has 0 atom stereocenters. The van der Waals surface area contributed by atoms with Gasteiger partial charge in [-0.1, -0.05) is 6.07 Å². The van der Waals surface area contributed by atoms with Crippen molar-refractivity contribution in [1.29, 1.82) is 0 Å². The largest absolute Gasteiger partial charge is 0.481 e. The Balaban J connectivity index is 2.26. The fraction of sp³-hybridized carbons (Fsp3) is 0.308. The van der Waals surface area contributed by atoms with Crippen LogP contribution in [0.15, 0.2) is 23.1 Å². The van der Waals surface area contributed by atoms with Crippen LogP contribution in [-0.4, -0.2) is 20.6 Å². The molecule has 0 saturated heterocycles. The highest BCUT2D eigenvalue weighted by Gasteiger charge is 2.11. The number of hydrogen-bond donors (Lipinski definition) is 1. The normalized spacial score (nSPS) is 10.6. The molecule has 0 radical (unpaired) electrons. The van der Waals surface area contributed by atoms with Gasteiger partial charge in [0.05, 0.1) is 18.7 Å². The summed E-state index contributed by atoms with van der Waals surface area (Å²) in [5, 5.41) is 9.55. The molecule has 0 unspecified atom stereocenters. The molecule has 2 aromatic rings. The van der Waals surface area contributed by atoms with E-state index >= 15 is 0 Å². The van der Waals surface area contributed by atoms with Crippen molar-refractivity contribution in [3.8, 4) is 0 Å². The maximum Gasteiger partial charge on any atom is 0.308 e. The van der Waals surface area contributed by atoms with Crippen LogP contribution in [0.25, 0.3) is 0 Å². The van der Waals surface area contributed by atoms with Crippen molar-refractivity contribution >= 4 is 17.3 Å². The number of aryl methyl sites for hydroxylation is 2. The molecule has 0 amide bonds. The number of carboxylic acids is 1. The molecule has 2 aromatic heterocycles. The Morgan fingerprint density at radius 1 is 1.42 bits per heavy atom. The van der Waals surface area contributed by atoms with Crippen LogP contribution in [0.4, 0.5) is 0 Å². The van der Waals surface area contributed by atoms with Crippen molar-refractivity contribution < 1.29 is 9.90 Å². The second-order valence-electron chi connectivity index (χ2n) is 4.36. The third-order valence-electron chi connectivity index (χ3n) is 2.69. The van der Waals surface area contributed by atoms with Gasteiger partial charge in [-0.05, 0) is 19.4 Å². The van der Waals surface area contributed by atoms with Gasteiger partial charge < -0.3 is 9.67 Å². The van der Waals surface area contributed by atoms with Gasteiger partial charge in [0.25, 0.3) is 5.56 Å². The standard InChI is InChI=1S/C13H14N2O3S/c1-8-3-4-12(16)15(6-8)7-11-14-9(2)10(19-11)5-13(17)18/h3-4,6H,5,7H2,1-2H3,(H,17,18). The quantitative estimate of drug-likeness (QED) is 0.922. The zero-order valence-corrected chi connectivity index (χ0v) is 11.5. The number of rotatable bonds is 4. The summed E-state index contributed by atoms with van der Waals surface area (Å²) in [6, 6.07) is 3.29. The topological polar surface area (TPSA) is 72.2 Å². The lowest BCUT2D eigenvalue weighted by molar-refractivity contribution is -0.136. The van der Waals surface area contributed by atoms with E-state index in [1.165, 1.54) is 17.4 Å². The van der Waals surface area contributed by atoms with E-state index in [2.05, 4.69) is 4.98 Å². The number of hydrogen-bond acceptors (Lipinski definition) is 4. The van der Waals surface area contributed by atoms with Crippen LogP contribution in [0.1, 0.15) is 21.1 Å². The SMILES string of the molecule is Cc1ccc(=O)n(Cc2nc(C)c(CC(=O)O)s2)c1. The zero-order chi connectivity index (χ0) is 14.0. The van der Waals surface area contributed by atoms with Crippen LogP contribution in [0.5, 0.6) is 0 Å². The molecule has 0 fully saturated rings. The maximum atomic E-state index is 11.7. The van der Waals surface area contributed by atoms with Gasteiger partial charge in [-0.15, -0.1) is 11.3 Å². The molecular weight excluding hydrogens is 264 g/mol. The average molecular weight is 278 g/mol. The summed E-state index contributed by atoms with van der Waals surface area (Å²) < 4.78 is 1.58. The minimum absolute atomic E-state index is 0.0216. The van der Waals surface area contributed by atoms with Gasteiger partial charge in [0, 0.05) is 17.1 Å². The van der Waals surface area contributed by atoms with Crippen molar-refractivity contribution in [3.63, 3.8) is 0 Å². The monoisotopic (exact) mass is 278 g/mol. The van der Waals surface area contributed by atoms with Crippen LogP contribution in [-0.2, 0) is 17.8 Å². The lowest BCUT2D eigenvalue weighted by atomic mass is 10.3. The highest BCUT2D eigenvalue weighted by Crippen LogP contribution is 2.19. The van der Waals surface area contributed by atoms with E-state index in [1.807, 2.05) is 6.92 Å². The summed E-state index contributed by atoms with van der Waals surface area (Å²) in [4.78, 5) is 27.5. The molecule has 1 N–H and O–H groups in total. The van der Waals surface area contributed by atoms with E-state index in [0.717, 1.165) is 21.1 Å². The van der Waals surface area contributed by atoms with E-state index in [-0.39, 0.29) is 12.0 Å². The number of aromatic nitrogens is 2. The van der Waals surface area contributed by atoms with E-state index < -0.39 is 5.97 Å².